The average Bonchev–Trinajstić information content (AvgIpc) is 2.43. The molecule has 0 aliphatic heterocycles. The van der Waals surface area contributed by atoms with Crippen LogP contribution in [-0.4, -0.2) is 22.0 Å². The quantitative estimate of drug-likeness (QED) is 0.782. The molecule has 0 saturated carbocycles. The van der Waals surface area contributed by atoms with E-state index in [2.05, 4.69) is 10.3 Å². The van der Waals surface area contributed by atoms with Crippen LogP contribution in [0.2, 0.25) is 0 Å². The number of hydrogen-bond acceptors (Lipinski definition) is 4. The van der Waals surface area contributed by atoms with Crippen molar-refractivity contribution in [2.45, 2.75) is 33.2 Å². The summed E-state index contributed by atoms with van der Waals surface area (Å²) in [7, 11) is 0. The monoisotopic (exact) mass is 242 g/mol. The highest BCUT2D eigenvalue weighted by atomic mass is 32.1. The van der Waals surface area contributed by atoms with Gasteiger partial charge in [-0.15, -0.1) is 11.3 Å². The minimum atomic E-state index is -1.12. The van der Waals surface area contributed by atoms with Crippen molar-refractivity contribution < 1.29 is 14.7 Å². The topological polar surface area (TPSA) is 79.3 Å². The van der Waals surface area contributed by atoms with Crippen LogP contribution in [0.1, 0.15) is 35.0 Å². The number of nitrogens with zero attached hydrogens (tertiary/aromatic N) is 1. The molecule has 1 amide bonds. The first-order chi connectivity index (χ1) is 7.40. The summed E-state index contributed by atoms with van der Waals surface area (Å²) in [5.74, 6) is -1.60. The maximum atomic E-state index is 11.2. The molecule has 0 aliphatic carbocycles. The molecule has 1 heterocycles. The van der Waals surface area contributed by atoms with Crippen molar-refractivity contribution in [3.05, 3.63) is 15.6 Å². The summed E-state index contributed by atoms with van der Waals surface area (Å²) in [5.41, 5.74) is 0.880. The summed E-state index contributed by atoms with van der Waals surface area (Å²) >= 11 is 1.51. The summed E-state index contributed by atoms with van der Waals surface area (Å²) in [6, 6.07) is -0.196. The van der Waals surface area contributed by atoms with Crippen molar-refractivity contribution in [2.24, 2.45) is 0 Å². The third-order valence-corrected chi connectivity index (χ3v) is 3.28. The van der Waals surface area contributed by atoms with Crippen LogP contribution < -0.4 is 5.32 Å². The van der Waals surface area contributed by atoms with Gasteiger partial charge in [0.2, 0.25) is 5.91 Å². The van der Waals surface area contributed by atoms with Gasteiger partial charge < -0.3 is 10.4 Å². The van der Waals surface area contributed by atoms with Gasteiger partial charge in [-0.2, -0.15) is 0 Å². The number of carboxylic acid groups (broad SMARTS) is 1. The first kappa shape index (κ1) is 12.6. The molecule has 1 unspecified atom stereocenters. The van der Waals surface area contributed by atoms with Crippen LogP contribution in [0, 0.1) is 13.8 Å². The standard InChI is InChI=1S/C10H14N2O3S/c1-5-10(16-7(3)11-5)6(2)12-8(13)4-9(14)15/h6H,4H2,1-3H3,(H,12,13)(H,14,15). The van der Waals surface area contributed by atoms with E-state index in [0.717, 1.165) is 15.6 Å². The van der Waals surface area contributed by atoms with Gasteiger partial charge in [-0.3, -0.25) is 9.59 Å². The van der Waals surface area contributed by atoms with E-state index >= 15 is 0 Å². The fourth-order valence-electron chi connectivity index (χ4n) is 1.44. The van der Waals surface area contributed by atoms with E-state index in [1.54, 1.807) is 0 Å². The molecule has 0 fully saturated rings. The summed E-state index contributed by atoms with van der Waals surface area (Å²) in [6.07, 6.45) is -0.499. The molecule has 1 atom stereocenters. The molecular weight excluding hydrogens is 228 g/mol. The SMILES string of the molecule is Cc1nc(C)c(C(C)NC(=O)CC(=O)O)s1. The van der Waals surface area contributed by atoms with Crippen LogP contribution in [0.15, 0.2) is 0 Å². The van der Waals surface area contributed by atoms with Crippen molar-refractivity contribution in [3.63, 3.8) is 0 Å². The molecule has 0 radical (unpaired) electrons. The van der Waals surface area contributed by atoms with Crippen LogP contribution in [0.25, 0.3) is 0 Å². The number of aryl methyl sites for hydroxylation is 2. The molecule has 5 nitrogen and oxygen atoms in total. The molecule has 2 N–H and O–H groups in total. The van der Waals surface area contributed by atoms with E-state index in [4.69, 9.17) is 5.11 Å². The zero-order chi connectivity index (χ0) is 12.3. The molecule has 88 valence electrons. The number of carboxylic acids is 1. The second-order valence-corrected chi connectivity index (χ2v) is 4.78. The fraction of sp³-hybridized carbons (Fsp3) is 0.500. The zero-order valence-corrected chi connectivity index (χ0v) is 10.2. The molecule has 0 saturated heterocycles. The van der Waals surface area contributed by atoms with E-state index in [1.165, 1.54) is 11.3 Å². The van der Waals surface area contributed by atoms with Gasteiger partial charge in [0, 0.05) is 4.88 Å². The Morgan fingerprint density at radius 1 is 1.50 bits per heavy atom. The number of aliphatic carboxylic acids is 1. The predicted molar refractivity (Wildman–Crippen MR) is 60.4 cm³/mol. The molecular formula is C10H14N2O3S. The van der Waals surface area contributed by atoms with Gasteiger partial charge in [0.25, 0.3) is 0 Å². The Morgan fingerprint density at radius 3 is 2.56 bits per heavy atom. The highest BCUT2D eigenvalue weighted by Crippen LogP contribution is 2.24. The number of rotatable bonds is 4. The first-order valence-corrected chi connectivity index (χ1v) is 5.67. The second-order valence-electron chi connectivity index (χ2n) is 3.54. The van der Waals surface area contributed by atoms with Gasteiger partial charge in [0.05, 0.1) is 16.7 Å². The van der Waals surface area contributed by atoms with E-state index < -0.39 is 18.3 Å². The van der Waals surface area contributed by atoms with Gasteiger partial charge in [-0.25, -0.2) is 4.98 Å². The molecule has 1 rings (SSSR count). The molecule has 1 aromatic rings. The Hall–Kier alpha value is -1.43. The van der Waals surface area contributed by atoms with Gasteiger partial charge in [-0.1, -0.05) is 0 Å². The summed E-state index contributed by atoms with van der Waals surface area (Å²) < 4.78 is 0. The Labute approximate surface area is 97.5 Å². The van der Waals surface area contributed by atoms with E-state index in [0.29, 0.717) is 0 Å². The lowest BCUT2D eigenvalue weighted by Crippen LogP contribution is -2.28. The molecule has 1 aromatic heterocycles. The van der Waals surface area contributed by atoms with Gasteiger partial charge in [-0.05, 0) is 20.8 Å². The van der Waals surface area contributed by atoms with Gasteiger partial charge >= 0.3 is 5.97 Å². The molecule has 0 bridgehead atoms. The van der Waals surface area contributed by atoms with Crippen LogP contribution in [0.5, 0.6) is 0 Å². The predicted octanol–water partition coefficient (Wildman–Crippen LogP) is 1.41. The van der Waals surface area contributed by atoms with Gasteiger partial charge in [0.1, 0.15) is 6.42 Å². The molecule has 0 aliphatic rings. The highest BCUT2D eigenvalue weighted by molar-refractivity contribution is 7.11. The van der Waals surface area contributed by atoms with Crippen molar-refractivity contribution >= 4 is 23.2 Å². The number of amides is 1. The molecule has 0 aromatic carbocycles. The zero-order valence-electron chi connectivity index (χ0n) is 9.40. The average molecular weight is 242 g/mol. The Bertz CT molecular complexity index is 414. The van der Waals surface area contributed by atoms with E-state index in [9.17, 15) is 9.59 Å². The van der Waals surface area contributed by atoms with Crippen LogP contribution in [0.4, 0.5) is 0 Å². The lowest BCUT2D eigenvalue weighted by atomic mass is 10.2. The van der Waals surface area contributed by atoms with Crippen molar-refractivity contribution in [2.75, 3.05) is 0 Å². The van der Waals surface area contributed by atoms with Crippen molar-refractivity contribution in [1.29, 1.82) is 0 Å². The molecule has 16 heavy (non-hydrogen) atoms. The number of nitrogens with one attached hydrogen (secondary N) is 1. The summed E-state index contributed by atoms with van der Waals surface area (Å²) in [4.78, 5) is 26.8. The lowest BCUT2D eigenvalue weighted by Gasteiger charge is -2.11. The minimum Gasteiger partial charge on any atom is -0.481 e. The number of carbonyl (C=O) groups excluding carboxylic acids is 1. The third-order valence-electron chi connectivity index (χ3n) is 2.02. The molecule has 0 spiro atoms. The Morgan fingerprint density at radius 2 is 2.12 bits per heavy atom. The maximum absolute atomic E-state index is 11.2. The second kappa shape index (κ2) is 5.07. The summed E-state index contributed by atoms with van der Waals surface area (Å²) in [5, 5.41) is 12.0. The smallest absolute Gasteiger partial charge is 0.312 e. The van der Waals surface area contributed by atoms with Crippen LogP contribution in [-0.2, 0) is 9.59 Å². The van der Waals surface area contributed by atoms with Crippen molar-refractivity contribution in [1.82, 2.24) is 10.3 Å². The minimum absolute atomic E-state index is 0.196. The van der Waals surface area contributed by atoms with Crippen molar-refractivity contribution in [3.8, 4) is 0 Å². The molecule has 6 heteroatoms. The number of aromatic nitrogens is 1. The Kier molecular flexibility index (Phi) is 4.00. The normalized spacial score (nSPS) is 12.2. The number of thiazole rings is 1. The van der Waals surface area contributed by atoms with E-state index in [1.807, 2.05) is 20.8 Å². The van der Waals surface area contributed by atoms with Gasteiger partial charge in [0.15, 0.2) is 0 Å². The number of hydrogen-bond donors (Lipinski definition) is 2. The fourth-order valence-corrected chi connectivity index (χ4v) is 2.37. The highest BCUT2D eigenvalue weighted by Gasteiger charge is 2.16. The third kappa shape index (κ3) is 3.30. The number of carbonyl (C=O) groups is 2. The van der Waals surface area contributed by atoms with Crippen LogP contribution >= 0.6 is 11.3 Å². The first-order valence-electron chi connectivity index (χ1n) is 4.85. The largest absolute Gasteiger partial charge is 0.481 e. The Balaban J connectivity index is 2.65. The summed E-state index contributed by atoms with van der Waals surface area (Å²) in [6.45, 7) is 5.59. The lowest BCUT2D eigenvalue weighted by molar-refractivity contribution is -0.140. The maximum Gasteiger partial charge on any atom is 0.312 e. The van der Waals surface area contributed by atoms with E-state index in [-0.39, 0.29) is 6.04 Å². The van der Waals surface area contributed by atoms with Crippen LogP contribution in [0.3, 0.4) is 0 Å².